The lowest BCUT2D eigenvalue weighted by Gasteiger charge is -2.19. The van der Waals surface area contributed by atoms with Gasteiger partial charge in [0.05, 0.1) is 13.2 Å². The Morgan fingerprint density at radius 2 is 1.95 bits per heavy atom. The monoisotopic (exact) mass is 285 g/mol. The minimum atomic E-state index is -0.134. The van der Waals surface area contributed by atoms with Crippen LogP contribution in [0.2, 0.25) is 0 Å². The van der Waals surface area contributed by atoms with Crippen molar-refractivity contribution in [2.45, 2.75) is 32.6 Å². The van der Waals surface area contributed by atoms with Crippen molar-refractivity contribution in [3.05, 3.63) is 70.5 Å². The molecule has 0 saturated heterocycles. The molecule has 1 atom stereocenters. The zero-order chi connectivity index (χ0) is 14.7. The average molecular weight is 285 g/mol. The number of nitrogens with one attached hydrogen (secondary N) is 1. The number of halogens is 1. The van der Waals surface area contributed by atoms with Crippen LogP contribution in [0.15, 0.2) is 42.5 Å². The lowest BCUT2D eigenvalue weighted by molar-refractivity contribution is 0.134. The molecule has 0 bridgehead atoms. The first-order chi connectivity index (χ1) is 10.3. The topological polar surface area (TPSA) is 21.3 Å². The second kappa shape index (κ2) is 6.37. The lowest BCUT2D eigenvalue weighted by Crippen LogP contribution is -2.23. The highest BCUT2D eigenvalue weighted by atomic mass is 19.1. The van der Waals surface area contributed by atoms with Crippen molar-refractivity contribution in [2.24, 2.45) is 0 Å². The van der Waals surface area contributed by atoms with Crippen molar-refractivity contribution in [3.8, 4) is 0 Å². The Balaban J connectivity index is 1.86. The molecule has 3 heteroatoms. The summed E-state index contributed by atoms with van der Waals surface area (Å²) in [5.41, 5.74) is 4.47. The molecule has 1 heterocycles. The molecule has 1 N–H and O–H groups in total. The summed E-state index contributed by atoms with van der Waals surface area (Å²) in [6.45, 7) is 4.31. The van der Waals surface area contributed by atoms with E-state index in [9.17, 15) is 4.39 Å². The normalized spacial score (nSPS) is 15.0. The predicted octanol–water partition coefficient (Wildman–Crippen LogP) is 3.75. The van der Waals surface area contributed by atoms with Crippen LogP contribution < -0.4 is 5.32 Å². The molecule has 110 valence electrons. The van der Waals surface area contributed by atoms with E-state index in [-0.39, 0.29) is 11.9 Å². The summed E-state index contributed by atoms with van der Waals surface area (Å²) in [6.07, 6.45) is 0.653. The lowest BCUT2D eigenvalue weighted by atomic mass is 9.95. The first-order valence-corrected chi connectivity index (χ1v) is 7.44. The zero-order valence-electron chi connectivity index (χ0n) is 12.2. The average Bonchev–Trinajstić information content (AvgIpc) is 2.96. The maximum atomic E-state index is 13.9. The SMILES string of the molecule is CCNC(Cc1ccccc1F)c1ccc2c(c1)COC2. The molecule has 0 saturated carbocycles. The molecule has 2 aromatic carbocycles. The summed E-state index contributed by atoms with van der Waals surface area (Å²) in [6, 6.07) is 13.6. The van der Waals surface area contributed by atoms with Crippen LogP contribution in [0.5, 0.6) is 0 Å². The Bertz CT molecular complexity index is 626. The molecule has 21 heavy (non-hydrogen) atoms. The fourth-order valence-electron chi connectivity index (χ4n) is 2.85. The van der Waals surface area contributed by atoms with Crippen LogP contribution in [0.25, 0.3) is 0 Å². The van der Waals surface area contributed by atoms with Crippen LogP contribution in [-0.4, -0.2) is 6.54 Å². The molecule has 0 aliphatic carbocycles. The number of benzene rings is 2. The highest BCUT2D eigenvalue weighted by Gasteiger charge is 2.17. The first kappa shape index (κ1) is 14.2. The maximum absolute atomic E-state index is 13.9. The molecule has 2 nitrogen and oxygen atoms in total. The molecular weight excluding hydrogens is 265 g/mol. The third-order valence-electron chi connectivity index (χ3n) is 3.98. The van der Waals surface area contributed by atoms with Crippen molar-refractivity contribution in [3.63, 3.8) is 0 Å². The van der Waals surface area contributed by atoms with Gasteiger partial charge in [0.15, 0.2) is 0 Å². The molecule has 1 unspecified atom stereocenters. The van der Waals surface area contributed by atoms with Gasteiger partial charge in [-0.15, -0.1) is 0 Å². The largest absolute Gasteiger partial charge is 0.372 e. The van der Waals surface area contributed by atoms with E-state index >= 15 is 0 Å². The van der Waals surface area contributed by atoms with Crippen LogP contribution in [0.4, 0.5) is 4.39 Å². The van der Waals surface area contributed by atoms with E-state index in [2.05, 4.69) is 30.4 Å². The van der Waals surface area contributed by atoms with Crippen molar-refractivity contribution in [2.75, 3.05) is 6.54 Å². The van der Waals surface area contributed by atoms with Gasteiger partial charge in [0.25, 0.3) is 0 Å². The van der Waals surface area contributed by atoms with E-state index in [0.717, 1.165) is 12.1 Å². The van der Waals surface area contributed by atoms with Gasteiger partial charge in [0, 0.05) is 6.04 Å². The van der Waals surface area contributed by atoms with Crippen molar-refractivity contribution < 1.29 is 9.13 Å². The number of hydrogen-bond acceptors (Lipinski definition) is 2. The van der Waals surface area contributed by atoms with E-state index in [0.29, 0.717) is 19.6 Å². The third kappa shape index (κ3) is 3.14. The van der Waals surface area contributed by atoms with Crippen LogP contribution in [0.3, 0.4) is 0 Å². The Kier molecular flexibility index (Phi) is 4.32. The van der Waals surface area contributed by atoms with E-state index < -0.39 is 0 Å². The summed E-state index contributed by atoms with van der Waals surface area (Å²) < 4.78 is 19.3. The van der Waals surface area contributed by atoms with Crippen molar-refractivity contribution in [1.29, 1.82) is 0 Å². The third-order valence-corrected chi connectivity index (χ3v) is 3.98. The van der Waals surface area contributed by atoms with Crippen molar-refractivity contribution in [1.82, 2.24) is 5.32 Å². The second-order valence-electron chi connectivity index (χ2n) is 5.43. The predicted molar refractivity (Wildman–Crippen MR) is 81.5 cm³/mol. The number of ether oxygens (including phenoxy) is 1. The minimum Gasteiger partial charge on any atom is -0.372 e. The van der Waals surface area contributed by atoms with Crippen LogP contribution >= 0.6 is 0 Å². The molecule has 0 spiro atoms. The van der Waals surface area contributed by atoms with E-state index in [1.165, 1.54) is 22.8 Å². The molecule has 0 amide bonds. The summed E-state index contributed by atoms with van der Waals surface area (Å²) in [7, 11) is 0. The Morgan fingerprint density at radius 3 is 2.76 bits per heavy atom. The van der Waals surface area contributed by atoms with E-state index in [4.69, 9.17) is 4.74 Å². The van der Waals surface area contributed by atoms with E-state index in [1.807, 2.05) is 12.1 Å². The molecule has 1 aliphatic heterocycles. The van der Waals surface area contributed by atoms with Gasteiger partial charge in [0.1, 0.15) is 5.82 Å². The van der Waals surface area contributed by atoms with Crippen LogP contribution in [0, 0.1) is 5.82 Å². The molecule has 0 fully saturated rings. The summed E-state index contributed by atoms with van der Waals surface area (Å²) >= 11 is 0. The number of hydrogen-bond donors (Lipinski definition) is 1. The summed E-state index contributed by atoms with van der Waals surface area (Å²) in [5, 5.41) is 3.46. The number of likely N-dealkylation sites (N-methyl/N-ethyl adjacent to an activating group) is 1. The first-order valence-electron chi connectivity index (χ1n) is 7.44. The fraction of sp³-hybridized carbons (Fsp3) is 0.333. The van der Waals surface area contributed by atoms with Gasteiger partial charge in [-0.3, -0.25) is 0 Å². The van der Waals surface area contributed by atoms with Gasteiger partial charge in [0.2, 0.25) is 0 Å². The van der Waals surface area contributed by atoms with Crippen LogP contribution in [0.1, 0.15) is 35.2 Å². The smallest absolute Gasteiger partial charge is 0.126 e. The Morgan fingerprint density at radius 1 is 1.14 bits per heavy atom. The molecule has 2 aromatic rings. The van der Waals surface area contributed by atoms with Crippen molar-refractivity contribution >= 4 is 0 Å². The molecule has 0 radical (unpaired) electrons. The van der Waals surface area contributed by atoms with Gasteiger partial charge < -0.3 is 10.1 Å². The fourth-order valence-corrected chi connectivity index (χ4v) is 2.85. The Hall–Kier alpha value is -1.71. The molecule has 1 aliphatic rings. The van der Waals surface area contributed by atoms with Gasteiger partial charge >= 0.3 is 0 Å². The molecular formula is C18H20FNO. The highest BCUT2D eigenvalue weighted by molar-refractivity contribution is 5.35. The minimum absolute atomic E-state index is 0.123. The zero-order valence-corrected chi connectivity index (χ0v) is 12.2. The Labute approximate surface area is 125 Å². The van der Waals surface area contributed by atoms with Crippen LogP contribution in [-0.2, 0) is 24.4 Å². The molecule has 0 aromatic heterocycles. The van der Waals surface area contributed by atoms with Gasteiger partial charge in [-0.25, -0.2) is 4.39 Å². The van der Waals surface area contributed by atoms with Gasteiger partial charge in [-0.1, -0.05) is 43.3 Å². The standard InChI is InChI=1S/C18H20FNO/c1-2-20-18(10-13-5-3-4-6-17(13)19)14-7-8-15-11-21-12-16(15)9-14/h3-9,18,20H,2,10-12H2,1H3. The number of fused-ring (bicyclic) bond motifs is 1. The van der Waals surface area contributed by atoms with Gasteiger partial charge in [-0.2, -0.15) is 0 Å². The number of rotatable bonds is 5. The quantitative estimate of drug-likeness (QED) is 0.903. The highest BCUT2D eigenvalue weighted by Crippen LogP contribution is 2.26. The van der Waals surface area contributed by atoms with E-state index in [1.54, 1.807) is 6.07 Å². The summed E-state index contributed by atoms with van der Waals surface area (Å²) in [5.74, 6) is -0.134. The van der Waals surface area contributed by atoms with Gasteiger partial charge in [-0.05, 0) is 41.3 Å². The second-order valence-corrected chi connectivity index (χ2v) is 5.43. The maximum Gasteiger partial charge on any atom is 0.126 e. The molecule has 3 rings (SSSR count). The summed E-state index contributed by atoms with van der Waals surface area (Å²) in [4.78, 5) is 0.